The zero-order valence-corrected chi connectivity index (χ0v) is 15.6. The normalized spacial score (nSPS) is 14.2. The maximum absolute atomic E-state index is 13.9. The number of pyridine rings is 1. The lowest BCUT2D eigenvalue weighted by Gasteiger charge is -2.18. The van der Waals surface area contributed by atoms with Crippen LogP contribution in [0.1, 0.15) is 12.0 Å². The summed E-state index contributed by atoms with van der Waals surface area (Å²) in [6.07, 6.45) is 5.54. The smallest absolute Gasteiger partial charge is 0.254 e. The molecule has 2 heterocycles. The van der Waals surface area contributed by atoms with Gasteiger partial charge in [-0.25, -0.2) is 8.78 Å². The van der Waals surface area contributed by atoms with Gasteiger partial charge in [-0.1, -0.05) is 12.2 Å². The SMILES string of the molecule is Cn1cc2c(cc1=O)OCC/C=C/c1cc(F)c(F)cc1Oc1ccc(N)cc1-2. The van der Waals surface area contributed by atoms with E-state index in [2.05, 4.69) is 0 Å². The van der Waals surface area contributed by atoms with Crippen LogP contribution in [0.3, 0.4) is 0 Å². The molecule has 2 aromatic carbocycles. The first kappa shape index (κ1) is 18.7. The zero-order chi connectivity index (χ0) is 20.5. The molecule has 148 valence electrons. The molecule has 0 atom stereocenters. The van der Waals surface area contributed by atoms with Gasteiger partial charge in [0.25, 0.3) is 5.56 Å². The van der Waals surface area contributed by atoms with E-state index in [-0.39, 0.29) is 11.3 Å². The molecule has 1 aliphatic heterocycles. The largest absolute Gasteiger partial charge is 0.492 e. The average Bonchev–Trinajstić information content (AvgIpc) is 2.68. The Labute approximate surface area is 165 Å². The number of hydrogen-bond acceptors (Lipinski definition) is 4. The van der Waals surface area contributed by atoms with Crippen molar-refractivity contribution >= 4 is 11.8 Å². The first-order chi connectivity index (χ1) is 13.9. The molecular formula is C22H18F2N2O3. The fraction of sp³-hybridized carbons (Fsp3) is 0.136. The lowest BCUT2D eigenvalue weighted by atomic mass is 10.0. The number of halogens is 2. The predicted octanol–water partition coefficient (Wildman–Crippen LogP) is 4.50. The molecular weight excluding hydrogens is 378 g/mol. The van der Waals surface area contributed by atoms with Crippen LogP contribution in [0.5, 0.6) is 17.2 Å². The van der Waals surface area contributed by atoms with Crippen molar-refractivity contribution in [3.63, 3.8) is 0 Å². The Bertz CT molecular complexity index is 1190. The molecule has 4 rings (SSSR count). The van der Waals surface area contributed by atoms with E-state index in [4.69, 9.17) is 15.2 Å². The van der Waals surface area contributed by atoms with E-state index in [0.29, 0.717) is 46.9 Å². The van der Waals surface area contributed by atoms with Crippen LogP contribution in [0.2, 0.25) is 0 Å². The fourth-order valence-electron chi connectivity index (χ4n) is 3.11. The highest BCUT2D eigenvalue weighted by Crippen LogP contribution is 2.40. The van der Waals surface area contributed by atoms with Gasteiger partial charge in [-0.2, -0.15) is 0 Å². The van der Waals surface area contributed by atoms with Crippen molar-refractivity contribution in [2.45, 2.75) is 6.42 Å². The molecule has 3 aromatic rings. The number of nitrogen functional groups attached to an aromatic ring is 1. The van der Waals surface area contributed by atoms with Crippen molar-refractivity contribution < 1.29 is 18.3 Å². The van der Waals surface area contributed by atoms with Gasteiger partial charge in [-0.05, 0) is 30.7 Å². The Hall–Kier alpha value is -3.61. The fourth-order valence-corrected chi connectivity index (χ4v) is 3.11. The lowest BCUT2D eigenvalue weighted by molar-refractivity contribution is 0.325. The maximum Gasteiger partial charge on any atom is 0.254 e. The maximum atomic E-state index is 13.9. The molecule has 0 saturated heterocycles. The predicted molar refractivity (Wildman–Crippen MR) is 107 cm³/mol. The van der Waals surface area contributed by atoms with Gasteiger partial charge in [0.05, 0.1) is 6.61 Å². The van der Waals surface area contributed by atoms with Gasteiger partial charge in [0.2, 0.25) is 0 Å². The minimum absolute atomic E-state index is 0.166. The van der Waals surface area contributed by atoms with Crippen LogP contribution in [0.4, 0.5) is 14.5 Å². The third kappa shape index (κ3) is 3.71. The van der Waals surface area contributed by atoms with Crippen LogP contribution in [0.15, 0.2) is 53.5 Å². The molecule has 0 aliphatic carbocycles. The minimum Gasteiger partial charge on any atom is -0.492 e. The molecule has 0 spiro atoms. The van der Waals surface area contributed by atoms with Gasteiger partial charge < -0.3 is 19.8 Å². The van der Waals surface area contributed by atoms with Crippen LogP contribution in [-0.4, -0.2) is 11.2 Å². The Kier molecular flexibility index (Phi) is 4.80. The Balaban J connectivity index is 1.96. The molecule has 0 fully saturated rings. The summed E-state index contributed by atoms with van der Waals surface area (Å²) in [5.41, 5.74) is 7.79. The molecule has 1 aliphatic rings. The van der Waals surface area contributed by atoms with Crippen molar-refractivity contribution in [2.75, 3.05) is 12.3 Å². The van der Waals surface area contributed by atoms with Crippen LogP contribution < -0.4 is 20.8 Å². The molecule has 7 heteroatoms. The number of rotatable bonds is 0. The van der Waals surface area contributed by atoms with Crippen LogP contribution >= 0.6 is 0 Å². The molecule has 0 amide bonds. The molecule has 5 nitrogen and oxygen atoms in total. The van der Waals surface area contributed by atoms with E-state index in [1.54, 1.807) is 43.6 Å². The Morgan fingerprint density at radius 2 is 1.79 bits per heavy atom. The summed E-state index contributed by atoms with van der Waals surface area (Å²) in [4.78, 5) is 12.1. The number of nitrogens with two attached hydrogens (primary N) is 1. The average molecular weight is 396 g/mol. The van der Waals surface area contributed by atoms with Crippen LogP contribution in [0, 0.1) is 11.6 Å². The number of aryl methyl sites for hydroxylation is 1. The molecule has 1 aromatic heterocycles. The third-order valence-electron chi connectivity index (χ3n) is 4.60. The third-order valence-corrected chi connectivity index (χ3v) is 4.60. The highest BCUT2D eigenvalue weighted by atomic mass is 19.2. The molecule has 0 saturated carbocycles. The van der Waals surface area contributed by atoms with Gasteiger partial charge in [0, 0.05) is 47.8 Å². The van der Waals surface area contributed by atoms with Crippen molar-refractivity contribution in [3.05, 3.63) is 76.2 Å². The minimum atomic E-state index is -1.01. The summed E-state index contributed by atoms with van der Waals surface area (Å²) >= 11 is 0. The van der Waals surface area contributed by atoms with E-state index in [0.717, 1.165) is 12.1 Å². The van der Waals surface area contributed by atoms with Crippen molar-refractivity contribution in [1.82, 2.24) is 4.57 Å². The van der Waals surface area contributed by atoms with E-state index in [9.17, 15) is 13.6 Å². The quantitative estimate of drug-likeness (QED) is 0.568. The van der Waals surface area contributed by atoms with Gasteiger partial charge in [0.1, 0.15) is 17.2 Å². The number of anilines is 1. The van der Waals surface area contributed by atoms with Gasteiger partial charge in [0.15, 0.2) is 11.6 Å². The highest BCUT2D eigenvalue weighted by molar-refractivity contribution is 5.78. The lowest BCUT2D eigenvalue weighted by Crippen LogP contribution is -2.16. The number of benzene rings is 2. The number of nitrogens with zero attached hydrogens (tertiary/aromatic N) is 1. The molecule has 0 radical (unpaired) electrons. The second kappa shape index (κ2) is 7.43. The summed E-state index contributed by atoms with van der Waals surface area (Å²) < 4.78 is 40.9. The van der Waals surface area contributed by atoms with Crippen molar-refractivity contribution in [1.29, 1.82) is 0 Å². The van der Waals surface area contributed by atoms with E-state index in [1.165, 1.54) is 10.6 Å². The number of fused-ring (bicyclic) bond motifs is 4. The monoisotopic (exact) mass is 396 g/mol. The summed E-state index contributed by atoms with van der Waals surface area (Å²) in [5, 5.41) is 0. The summed E-state index contributed by atoms with van der Waals surface area (Å²) in [7, 11) is 1.63. The summed E-state index contributed by atoms with van der Waals surface area (Å²) in [6.45, 7) is 0.300. The number of hydrogen-bond donors (Lipinski definition) is 1. The number of ether oxygens (including phenoxy) is 2. The highest BCUT2D eigenvalue weighted by Gasteiger charge is 2.18. The van der Waals surface area contributed by atoms with Gasteiger partial charge in [-0.3, -0.25) is 4.79 Å². The van der Waals surface area contributed by atoms with Crippen LogP contribution in [-0.2, 0) is 7.05 Å². The molecule has 2 N–H and O–H groups in total. The molecule has 29 heavy (non-hydrogen) atoms. The van der Waals surface area contributed by atoms with Crippen molar-refractivity contribution in [2.24, 2.45) is 7.05 Å². The summed E-state index contributed by atoms with van der Waals surface area (Å²) in [6, 6.07) is 8.47. The van der Waals surface area contributed by atoms with E-state index in [1.807, 2.05) is 0 Å². The number of aromatic nitrogens is 1. The summed E-state index contributed by atoms with van der Waals surface area (Å²) in [5.74, 6) is -1.04. The zero-order valence-electron chi connectivity index (χ0n) is 15.6. The molecule has 0 bridgehead atoms. The first-order valence-corrected chi connectivity index (χ1v) is 8.99. The second-order valence-corrected chi connectivity index (χ2v) is 6.70. The van der Waals surface area contributed by atoms with Crippen molar-refractivity contribution in [3.8, 4) is 28.4 Å². The van der Waals surface area contributed by atoms with Gasteiger partial charge in [-0.15, -0.1) is 0 Å². The molecule has 0 unspecified atom stereocenters. The van der Waals surface area contributed by atoms with Crippen LogP contribution in [0.25, 0.3) is 17.2 Å². The Morgan fingerprint density at radius 1 is 1.00 bits per heavy atom. The first-order valence-electron chi connectivity index (χ1n) is 8.99. The van der Waals surface area contributed by atoms with E-state index < -0.39 is 11.6 Å². The topological polar surface area (TPSA) is 66.5 Å². The second-order valence-electron chi connectivity index (χ2n) is 6.70. The standard InChI is InChI=1S/C22H18F2N2O3/c1-26-12-16-15-9-14(25)5-6-19(15)29-20-10-18(24)17(23)8-13(20)4-2-3-7-28-21(16)11-22(26)27/h2,4-6,8-12H,3,7,25H2,1H3/b4-2+. The van der Waals surface area contributed by atoms with Gasteiger partial charge >= 0.3 is 0 Å². The van der Waals surface area contributed by atoms with E-state index >= 15 is 0 Å². The Morgan fingerprint density at radius 3 is 2.62 bits per heavy atom.